The zero-order valence-corrected chi connectivity index (χ0v) is 33.2. The van der Waals surface area contributed by atoms with E-state index in [1.54, 1.807) is 11.3 Å². The summed E-state index contributed by atoms with van der Waals surface area (Å²) in [5.74, 6) is 1.86. The molecule has 59 heavy (non-hydrogen) atoms. The third-order valence-corrected chi connectivity index (χ3v) is 13.4. The van der Waals surface area contributed by atoms with Gasteiger partial charge in [0.05, 0.1) is 0 Å². The first kappa shape index (κ1) is 33.9. The summed E-state index contributed by atoms with van der Waals surface area (Å²) >= 11 is 1.78. The number of aromatic nitrogens is 3. The van der Waals surface area contributed by atoms with Gasteiger partial charge in [0.2, 0.25) is 0 Å². The number of hydrogen-bond acceptors (Lipinski definition) is 5. The first-order chi connectivity index (χ1) is 29.0. The summed E-state index contributed by atoms with van der Waals surface area (Å²) in [6, 6.07) is 62.4. The summed E-state index contributed by atoms with van der Waals surface area (Å²) in [5.41, 5.74) is 14.3. The van der Waals surface area contributed by atoms with E-state index >= 15 is 0 Å². The predicted molar refractivity (Wildman–Crippen MR) is 245 cm³/mol. The van der Waals surface area contributed by atoms with Crippen molar-refractivity contribution in [2.45, 2.75) is 19.3 Å². The lowest BCUT2D eigenvalue weighted by atomic mass is 9.81. The molecule has 0 N–H and O–H groups in total. The number of thiophene rings is 1. The van der Waals surface area contributed by atoms with Crippen molar-refractivity contribution < 1.29 is 4.42 Å². The zero-order chi connectivity index (χ0) is 39.2. The van der Waals surface area contributed by atoms with Crippen LogP contribution in [0.3, 0.4) is 0 Å². The third-order valence-electron chi connectivity index (χ3n) is 12.2. The predicted octanol–water partition coefficient (Wildman–Crippen LogP) is 14.8. The van der Waals surface area contributed by atoms with Gasteiger partial charge in [0, 0.05) is 53.1 Å². The lowest BCUT2D eigenvalue weighted by Gasteiger charge is -2.22. The topological polar surface area (TPSA) is 51.8 Å². The highest BCUT2D eigenvalue weighted by Gasteiger charge is 2.35. The summed E-state index contributed by atoms with van der Waals surface area (Å²) in [6.45, 7) is 4.66. The molecule has 0 saturated heterocycles. The van der Waals surface area contributed by atoms with Crippen molar-refractivity contribution in [1.82, 2.24) is 15.0 Å². The van der Waals surface area contributed by atoms with Crippen molar-refractivity contribution in [3.05, 3.63) is 187 Å². The van der Waals surface area contributed by atoms with Crippen LogP contribution in [0.5, 0.6) is 0 Å². The molecule has 278 valence electrons. The number of rotatable bonds is 5. The smallest absolute Gasteiger partial charge is 0.165 e. The van der Waals surface area contributed by atoms with Gasteiger partial charge in [0.1, 0.15) is 11.2 Å². The molecule has 3 aromatic heterocycles. The highest BCUT2D eigenvalue weighted by Crippen LogP contribution is 2.50. The second-order valence-electron chi connectivity index (χ2n) is 16.0. The van der Waals surface area contributed by atoms with Crippen molar-refractivity contribution in [1.29, 1.82) is 0 Å². The van der Waals surface area contributed by atoms with Gasteiger partial charge < -0.3 is 4.42 Å². The Kier molecular flexibility index (Phi) is 7.41. The molecule has 4 nitrogen and oxygen atoms in total. The van der Waals surface area contributed by atoms with Crippen molar-refractivity contribution in [2.75, 3.05) is 0 Å². The van der Waals surface area contributed by atoms with Gasteiger partial charge in [-0.05, 0) is 80.9 Å². The van der Waals surface area contributed by atoms with Crippen LogP contribution in [0.4, 0.5) is 0 Å². The Hall–Kier alpha value is -7.21. The molecular formula is C54H35N3OS. The Morgan fingerprint density at radius 3 is 1.90 bits per heavy atom. The number of fused-ring (bicyclic) bond motifs is 9. The van der Waals surface area contributed by atoms with Crippen LogP contribution in [0.15, 0.2) is 180 Å². The molecule has 0 spiro atoms. The van der Waals surface area contributed by atoms with Gasteiger partial charge in [-0.1, -0.05) is 153 Å². The molecular weight excluding hydrogens is 739 g/mol. The fraction of sp³-hybridized carbons (Fsp3) is 0.0556. The molecule has 0 unspecified atom stereocenters. The fourth-order valence-electron chi connectivity index (χ4n) is 9.19. The van der Waals surface area contributed by atoms with Crippen molar-refractivity contribution in [3.63, 3.8) is 0 Å². The molecule has 0 amide bonds. The lowest BCUT2D eigenvalue weighted by Crippen LogP contribution is -2.14. The first-order valence-electron chi connectivity index (χ1n) is 20.0. The van der Waals surface area contributed by atoms with Crippen LogP contribution >= 0.6 is 11.3 Å². The fourth-order valence-corrected chi connectivity index (χ4v) is 10.4. The molecule has 0 bridgehead atoms. The van der Waals surface area contributed by atoms with E-state index in [0.717, 1.165) is 54.5 Å². The van der Waals surface area contributed by atoms with E-state index in [-0.39, 0.29) is 5.41 Å². The average Bonchev–Trinajstić information content (AvgIpc) is 3.94. The summed E-state index contributed by atoms with van der Waals surface area (Å²) < 4.78 is 8.96. The number of benzene rings is 8. The van der Waals surface area contributed by atoms with Gasteiger partial charge in [-0.15, -0.1) is 11.3 Å². The maximum absolute atomic E-state index is 6.56. The van der Waals surface area contributed by atoms with Crippen LogP contribution in [0.2, 0.25) is 0 Å². The molecule has 3 heterocycles. The van der Waals surface area contributed by atoms with Crippen LogP contribution in [0, 0.1) is 0 Å². The van der Waals surface area contributed by atoms with Crippen molar-refractivity contribution in [3.8, 4) is 67.5 Å². The molecule has 11 aromatic rings. The van der Waals surface area contributed by atoms with E-state index in [2.05, 4.69) is 172 Å². The minimum atomic E-state index is -0.0856. The molecule has 5 heteroatoms. The Balaban J connectivity index is 1.04. The average molecular weight is 774 g/mol. The Labute approximate surface area is 345 Å². The molecule has 0 saturated carbocycles. The van der Waals surface area contributed by atoms with E-state index in [9.17, 15) is 0 Å². The van der Waals surface area contributed by atoms with E-state index < -0.39 is 0 Å². The third kappa shape index (κ3) is 5.32. The largest absolute Gasteiger partial charge is 0.456 e. The number of furan rings is 1. The van der Waals surface area contributed by atoms with Gasteiger partial charge in [0.25, 0.3) is 0 Å². The minimum Gasteiger partial charge on any atom is -0.456 e. The summed E-state index contributed by atoms with van der Waals surface area (Å²) in [5, 5.41) is 4.45. The zero-order valence-electron chi connectivity index (χ0n) is 32.4. The lowest BCUT2D eigenvalue weighted by molar-refractivity contribution is 0.660. The van der Waals surface area contributed by atoms with E-state index in [4.69, 9.17) is 19.4 Å². The molecule has 12 rings (SSSR count). The Morgan fingerprint density at radius 2 is 1.02 bits per heavy atom. The summed E-state index contributed by atoms with van der Waals surface area (Å²) in [6.07, 6.45) is 0. The van der Waals surface area contributed by atoms with E-state index in [1.807, 2.05) is 18.2 Å². The van der Waals surface area contributed by atoms with Gasteiger partial charge in [-0.3, -0.25) is 0 Å². The highest BCUT2D eigenvalue weighted by atomic mass is 32.1. The van der Waals surface area contributed by atoms with Crippen LogP contribution in [-0.2, 0) is 5.41 Å². The molecule has 0 aliphatic heterocycles. The van der Waals surface area contributed by atoms with Crippen LogP contribution in [-0.4, -0.2) is 15.0 Å². The molecule has 1 aliphatic rings. The summed E-state index contributed by atoms with van der Waals surface area (Å²) in [7, 11) is 0. The molecule has 1 aliphatic carbocycles. The molecule has 0 atom stereocenters. The van der Waals surface area contributed by atoms with E-state index in [1.165, 1.54) is 48.9 Å². The molecule has 0 fully saturated rings. The maximum atomic E-state index is 6.56. The Morgan fingerprint density at radius 1 is 0.407 bits per heavy atom. The van der Waals surface area contributed by atoms with Crippen molar-refractivity contribution in [2.24, 2.45) is 0 Å². The van der Waals surface area contributed by atoms with Gasteiger partial charge in [0.15, 0.2) is 17.5 Å². The normalized spacial score (nSPS) is 13.1. The maximum Gasteiger partial charge on any atom is 0.165 e. The number of nitrogens with zero attached hydrogens (tertiary/aromatic N) is 3. The van der Waals surface area contributed by atoms with E-state index in [0.29, 0.717) is 17.5 Å². The Bertz CT molecular complexity index is 3470. The second kappa shape index (κ2) is 12.9. The van der Waals surface area contributed by atoms with Crippen LogP contribution in [0.25, 0.3) is 110 Å². The second-order valence-corrected chi connectivity index (χ2v) is 17.0. The molecule has 8 aromatic carbocycles. The monoisotopic (exact) mass is 773 g/mol. The number of hydrogen-bond donors (Lipinski definition) is 0. The van der Waals surface area contributed by atoms with Gasteiger partial charge in [-0.25, -0.2) is 15.0 Å². The standard InChI is InChI=1S/C54H35N3OS/c1-54(2)44-19-8-6-14-37(44)38-28-26-36(31-45(38)54)35-27-29-46-43(30-35)49-41(17-11-20-47(49)58-46)52-55-51(34-24-22-33(23-25-34)32-12-4-3-5-13-32)56-53(57-52)42-18-10-16-40-39-15-7-9-21-48(39)59-50(40)42/h3-31H,1-2H3. The minimum absolute atomic E-state index is 0.0856. The van der Waals surface area contributed by atoms with Crippen molar-refractivity contribution >= 4 is 53.4 Å². The SMILES string of the molecule is CC1(C)c2ccccc2-c2ccc(-c3ccc4oc5cccc(-c6nc(-c7ccc(-c8ccccc8)cc7)nc(-c7cccc8c7sc7ccccc78)n6)c5c4c3)cc21. The summed E-state index contributed by atoms with van der Waals surface area (Å²) in [4.78, 5) is 15.8. The van der Waals surface area contributed by atoms with Crippen LogP contribution in [0.1, 0.15) is 25.0 Å². The highest BCUT2D eigenvalue weighted by molar-refractivity contribution is 7.26. The van der Waals surface area contributed by atoms with Gasteiger partial charge >= 0.3 is 0 Å². The van der Waals surface area contributed by atoms with Gasteiger partial charge in [-0.2, -0.15) is 0 Å². The quantitative estimate of drug-likeness (QED) is 0.175. The van der Waals surface area contributed by atoms with Crippen LogP contribution < -0.4 is 0 Å². The molecule has 0 radical (unpaired) electrons. The first-order valence-corrected chi connectivity index (χ1v) is 20.8.